The van der Waals surface area contributed by atoms with Crippen molar-refractivity contribution in [2.24, 2.45) is 46.3 Å². The van der Waals surface area contributed by atoms with E-state index in [9.17, 15) is 13.2 Å². The van der Waals surface area contributed by atoms with E-state index in [1.165, 1.54) is 4.31 Å². The maximum Gasteiger partial charge on any atom is 0.243 e. The molecule has 0 radical (unpaired) electrons. The van der Waals surface area contributed by atoms with Crippen LogP contribution in [0.5, 0.6) is 0 Å². The Balaban J connectivity index is 1.55. The molecule has 29 heavy (non-hydrogen) atoms. The summed E-state index contributed by atoms with van der Waals surface area (Å²) in [7, 11) is -3.58. The molecule has 1 heterocycles. The Morgan fingerprint density at radius 3 is 2.41 bits per heavy atom. The van der Waals surface area contributed by atoms with Crippen LogP contribution in [0.1, 0.15) is 47.0 Å². The minimum absolute atomic E-state index is 0.0158. The molecule has 4 aliphatic carbocycles. The molecular formula is C24H33NO3S. The van der Waals surface area contributed by atoms with Gasteiger partial charge in [-0.2, -0.15) is 0 Å². The number of carbonyl (C=O) groups excluding carboxylic acids is 1. The first kappa shape index (κ1) is 19.6. The van der Waals surface area contributed by atoms with Gasteiger partial charge in [0.15, 0.2) is 0 Å². The van der Waals surface area contributed by atoms with Crippen molar-refractivity contribution in [2.45, 2.75) is 53.0 Å². The van der Waals surface area contributed by atoms with Gasteiger partial charge in [0.05, 0.1) is 17.7 Å². The molecule has 1 saturated heterocycles. The van der Waals surface area contributed by atoms with Gasteiger partial charge in [0.1, 0.15) is 0 Å². The number of hydrogen-bond acceptors (Lipinski definition) is 3. The summed E-state index contributed by atoms with van der Waals surface area (Å²) < 4.78 is 28.1. The monoisotopic (exact) mass is 415 g/mol. The van der Waals surface area contributed by atoms with Crippen LogP contribution in [0.4, 0.5) is 0 Å². The lowest BCUT2D eigenvalue weighted by Crippen LogP contribution is -2.47. The first-order valence-corrected chi connectivity index (χ1v) is 12.8. The van der Waals surface area contributed by atoms with Crippen molar-refractivity contribution in [3.63, 3.8) is 0 Å². The third-order valence-corrected chi connectivity index (χ3v) is 11.5. The zero-order chi connectivity index (χ0) is 20.8. The van der Waals surface area contributed by atoms with E-state index in [0.717, 1.165) is 19.3 Å². The van der Waals surface area contributed by atoms with Crippen LogP contribution >= 0.6 is 0 Å². The Morgan fingerprint density at radius 1 is 1.03 bits per heavy atom. The largest absolute Gasteiger partial charge is 0.273 e. The quantitative estimate of drug-likeness (QED) is 0.604. The number of allylic oxidation sites excluding steroid dienone is 5. The number of carbonyl (C=O) groups is 1. The van der Waals surface area contributed by atoms with E-state index in [0.29, 0.717) is 23.7 Å². The van der Waals surface area contributed by atoms with Crippen LogP contribution in [-0.4, -0.2) is 30.4 Å². The molecule has 0 unspecified atom stereocenters. The van der Waals surface area contributed by atoms with Gasteiger partial charge in [-0.1, -0.05) is 64.2 Å². The molecule has 5 rings (SSSR count). The van der Waals surface area contributed by atoms with Crippen molar-refractivity contribution in [3.05, 3.63) is 36.5 Å². The lowest BCUT2D eigenvalue weighted by atomic mass is 9.69. The first-order valence-electron chi connectivity index (χ1n) is 11.2. The van der Waals surface area contributed by atoms with Gasteiger partial charge in [-0.05, 0) is 54.3 Å². The molecule has 4 bridgehead atoms. The molecule has 158 valence electrons. The number of amides is 1. The van der Waals surface area contributed by atoms with E-state index in [4.69, 9.17) is 0 Å². The summed E-state index contributed by atoms with van der Waals surface area (Å²) in [6.07, 6.45) is 15.5. The minimum atomic E-state index is -3.58. The number of hydrogen-bond donors (Lipinski definition) is 0. The number of sulfonamides is 1. The summed E-state index contributed by atoms with van der Waals surface area (Å²) in [5, 5.41) is 0. The van der Waals surface area contributed by atoms with Gasteiger partial charge in [0, 0.05) is 5.41 Å². The third-order valence-electron chi connectivity index (χ3n) is 9.55. The van der Waals surface area contributed by atoms with Crippen molar-refractivity contribution in [2.75, 3.05) is 5.75 Å². The molecule has 0 N–H and O–H groups in total. The second-order valence-electron chi connectivity index (χ2n) is 10.8. The molecule has 5 heteroatoms. The second-order valence-corrected chi connectivity index (χ2v) is 12.7. The third kappa shape index (κ3) is 2.43. The number of nitrogens with zero attached hydrogens (tertiary/aromatic N) is 1. The van der Waals surface area contributed by atoms with Crippen LogP contribution in [-0.2, 0) is 14.8 Å². The summed E-state index contributed by atoms with van der Waals surface area (Å²) in [5.74, 6) is 1.10. The van der Waals surface area contributed by atoms with Gasteiger partial charge in [0.2, 0.25) is 15.9 Å². The van der Waals surface area contributed by atoms with Crippen LogP contribution < -0.4 is 0 Å². The Hall–Kier alpha value is -1.36. The van der Waals surface area contributed by atoms with Crippen LogP contribution in [0.15, 0.2) is 36.5 Å². The van der Waals surface area contributed by atoms with Crippen LogP contribution in [0, 0.1) is 46.3 Å². The molecule has 0 aromatic carbocycles. The minimum Gasteiger partial charge on any atom is -0.273 e. The molecule has 5 aliphatic rings. The standard InChI is InChI=1S/C24H33NO3S/c1-15-9-10-20(19-8-6-5-7-18(15)16(19)2)22(26)25-21-13-17-11-12-24(21,23(17,3)4)14-29(25,27)28/h5-10,15-21H,11-14H2,1-4H3/t15-,16-,17-,18-,19-,20+,21-,24-/m1/s1. The lowest BCUT2D eigenvalue weighted by molar-refractivity contribution is -0.133. The molecule has 1 spiro atoms. The molecule has 4 nitrogen and oxygen atoms in total. The zero-order valence-electron chi connectivity index (χ0n) is 17.9. The van der Waals surface area contributed by atoms with Gasteiger partial charge in [-0.3, -0.25) is 4.79 Å². The van der Waals surface area contributed by atoms with Gasteiger partial charge in [-0.15, -0.1) is 0 Å². The maximum atomic E-state index is 13.9. The predicted molar refractivity (Wildman–Crippen MR) is 114 cm³/mol. The SMILES string of the molecule is C[C@H]1[C@H]2C=CC=C[C@@H]1[C@H](C)C=C[C@@H]2C(=O)N1[C@@H]2C[C@H]3CC[C@]2(CS1(=O)=O)C3(C)C. The smallest absolute Gasteiger partial charge is 0.243 e. The van der Waals surface area contributed by atoms with Crippen molar-refractivity contribution in [3.8, 4) is 0 Å². The molecule has 2 saturated carbocycles. The Bertz CT molecular complexity index is 930. The van der Waals surface area contributed by atoms with E-state index in [-0.39, 0.29) is 34.4 Å². The summed E-state index contributed by atoms with van der Waals surface area (Å²) in [5.41, 5.74) is -0.277. The fourth-order valence-electron chi connectivity index (χ4n) is 7.62. The van der Waals surface area contributed by atoms with E-state index in [2.05, 4.69) is 52.0 Å². The number of fused-ring (bicyclic) bond motifs is 3. The Morgan fingerprint density at radius 2 is 1.72 bits per heavy atom. The average molecular weight is 416 g/mol. The summed E-state index contributed by atoms with van der Waals surface area (Å²) in [4.78, 5) is 13.9. The second kappa shape index (κ2) is 6.09. The number of rotatable bonds is 1. The lowest BCUT2D eigenvalue weighted by Gasteiger charge is -2.38. The fraction of sp³-hybridized carbons (Fsp3) is 0.708. The molecule has 8 atom stereocenters. The fourth-order valence-corrected chi connectivity index (χ4v) is 10.2. The highest BCUT2D eigenvalue weighted by atomic mass is 32.2. The van der Waals surface area contributed by atoms with Crippen molar-refractivity contribution in [1.29, 1.82) is 0 Å². The van der Waals surface area contributed by atoms with E-state index >= 15 is 0 Å². The Labute approximate surface area is 175 Å². The molecule has 1 amide bonds. The van der Waals surface area contributed by atoms with Gasteiger partial charge in [-0.25, -0.2) is 12.7 Å². The van der Waals surface area contributed by atoms with Crippen molar-refractivity contribution < 1.29 is 13.2 Å². The van der Waals surface area contributed by atoms with Crippen molar-refractivity contribution >= 4 is 15.9 Å². The van der Waals surface area contributed by atoms with E-state index in [1.54, 1.807) is 0 Å². The normalized spacial score (nSPS) is 48.4. The first-order chi connectivity index (χ1) is 13.6. The van der Waals surface area contributed by atoms with E-state index in [1.807, 2.05) is 12.2 Å². The molecule has 3 fully saturated rings. The van der Waals surface area contributed by atoms with Crippen LogP contribution in [0.3, 0.4) is 0 Å². The molecular weight excluding hydrogens is 382 g/mol. The highest BCUT2D eigenvalue weighted by Crippen LogP contribution is 2.70. The highest BCUT2D eigenvalue weighted by molar-refractivity contribution is 7.90. The predicted octanol–water partition coefficient (Wildman–Crippen LogP) is 4.17. The van der Waals surface area contributed by atoms with Crippen molar-refractivity contribution in [1.82, 2.24) is 4.31 Å². The zero-order valence-corrected chi connectivity index (χ0v) is 18.7. The van der Waals surface area contributed by atoms with Gasteiger partial charge >= 0.3 is 0 Å². The molecule has 0 aromatic heterocycles. The maximum absolute atomic E-state index is 13.9. The van der Waals surface area contributed by atoms with E-state index < -0.39 is 15.9 Å². The summed E-state index contributed by atoms with van der Waals surface area (Å²) in [6, 6.07) is -0.151. The highest BCUT2D eigenvalue weighted by Gasteiger charge is 2.72. The Kier molecular flexibility index (Phi) is 4.11. The molecule has 1 aliphatic heterocycles. The topological polar surface area (TPSA) is 54.5 Å². The summed E-state index contributed by atoms with van der Waals surface area (Å²) >= 11 is 0. The average Bonchev–Trinajstić information content (AvgIpc) is 2.99. The summed E-state index contributed by atoms with van der Waals surface area (Å²) in [6.45, 7) is 8.86. The van der Waals surface area contributed by atoms with Crippen LogP contribution in [0.25, 0.3) is 0 Å². The van der Waals surface area contributed by atoms with Gasteiger partial charge in [0.25, 0.3) is 0 Å². The van der Waals surface area contributed by atoms with Gasteiger partial charge < -0.3 is 0 Å². The molecule has 0 aromatic rings. The van der Waals surface area contributed by atoms with Crippen LogP contribution in [0.2, 0.25) is 0 Å².